The second-order valence-electron chi connectivity index (χ2n) is 9.87. The van der Waals surface area contributed by atoms with Crippen molar-refractivity contribution in [1.29, 1.82) is 0 Å². The number of fused-ring (bicyclic) bond motifs is 1. The number of aryl methyl sites for hydroxylation is 1. The number of rotatable bonds is 5. The first-order chi connectivity index (χ1) is 19.4. The SMILES string of the molecule is Cc1ccccc1-c1nn(-c2c(Cl)cccc2Cl)c(=O)c2cnc(Nc3ccc(N4CCN(C)CC4)cc3)nc12. The molecular formula is C30H27Cl2N7O. The van der Waals surface area contributed by atoms with Crippen molar-refractivity contribution >= 4 is 51.4 Å². The van der Waals surface area contributed by atoms with Crippen LogP contribution in [0.1, 0.15) is 5.56 Å². The van der Waals surface area contributed by atoms with Crippen molar-refractivity contribution in [2.24, 2.45) is 0 Å². The third kappa shape index (κ3) is 5.01. The van der Waals surface area contributed by atoms with Crippen molar-refractivity contribution in [2.75, 3.05) is 43.4 Å². The Morgan fingerprint density at radius 3 is 2.27 bits per heavy atom. The van der Waals surface area contributed by atoms with Crippen molar-refractivity contribution in [3.63, 3.8) is 0 Å². The molecule has 0 amide bonds. The van der Waals surface area contributed by atoms with Crippen LogP contribution in [-0.2, 0) is 0 Å². The van der Waals surface area contributed by atoms with Crippen LogP contribution in [0.4, 0.5) is 17.3 Å². The van der Waals surface area contributed by atoms with Gasteiger partial charge in [0.15, 0.2) is 0 Å². The maximum Gasteiger partial charge on any atom is 0.282 e. The lowest BCUT2D eigenvalue weighted by atomic mass is 10.0. The van der Waals surface area contributed by atoms with Gasteiger partial charge in [0.05, 0.1) is 15.4 Å². The molecule has 0 atom stereocenters. The van der Waals surface area contributed by atoms with Crippen LogP contribution < -0.4 is 15.8 Å². The van der Waals surface area contributed by atoms with Gasteiger partial charge >= 0.3 is 0 Å². The first-order valence-electron chi connectivity index (χ1n) is 13.0. The summed E-state index contributed by atoms with van der Waals surface area (Å²) in [5, 5.41) is 8.97. The Morgan fingerprint density at radius 2 is 1.57 bits per heavy atom. The summed E-state index contributed by atoms with van der Waals surface area (Å²) in [4.78, 5) is 27.6. The quantitative estimate of drug-likeness (QED) is 0.279. The molecule has 1 aliphatic heterocycles. The van der Waals surface area contributed by atoms with Crippen LogP contribution in [0.5, 0.6) is 0 Å². The maximum atomic E-state index is 13.7. The van der Waals surface area contributed by atoms with E-state index in [9.17, 15) is 4.79 Å². The number of benzene rings is 3. The first-order valence-corrected chi connectivity index (χ1v) is 13.8. The minimum Gasteiger partial charge on any atom is -0.369 e. The summed E-state index contributed by atoms with van der Waals surface area (Å²) < 4.78 is 1.24. The van der Waals surface area contributed by atoms with E-state index in [4.69, 9.17) is 33.3 Å². The van der Waals surface area contributed by atoms with Crippen molar-refractivity contribution in [1.82, 2.24) is 24.6 Å². The van der Waals surface area contributed by atoms with Crippen LogP contribution in [0, 0.1) is 6.92 Å². The maximum absolute atomic E-state index is 13.7. The summed E-state index contributed by atoms with van der Waals surface area (Å²) >= 11 is 12.9. The predicted molar refractivity (Wildman–Crippen MR) is 163 cm³/mol. The third-order valence-corrected chi connectivity index (χ3v) is 7.79. The molecule has 3 heterocycles. The van der Waals surface area contributed by atoms with Crippen molar-refractivity contribution in [3.8, 4) is 16.9 Å². The number of para-hydroxylation sites is 1. The molecule has 2 aromatic heterocycles. The van der Waals surface area contributed by atoms with Crippen LogP contribution in [0.15, 0.2) is 77.7 Å². The van der Waals surface area contributed by atoms with Gasteiger partial charge in [0.2, 0.25) is 5.95 Å². The van der Waals surface area contributed by atoms with Crippen LogP contribution in [0.25, 0.3) is 27.8 Å². The third-order valence-electron chi connectivity index (χ3n) is 7.18. The lowest BCUT2D eigenvalue weighted by Gasteiger charge is -2.34. The summed E-state index contributed by atoms with van der Waals surface area (Å²) in [5.41, 5.74) is 4.72. The number of halogens is 2. The van der Waals surface area contributed by atoms with E-state index in [0.29, 0.717) is 38.3 Å². The van der Waals surface area contributed by atoms with Gasteiger partial charge < -0.3 is 15.1 Å². The normalized spacial score (nSPS) is 14.1. The van der Waals surface area contributed by atoms with Gasteiger partial charge in [-0.05, 0) is 55.9 Å². The van der Waals surface area contributed by atoms with Gasteiger partial charge in [-0.3, -0.25) is 4.79 Å². The number of aromatic nitrogens is 4. The lowest BCUT2D eigenvalue weighted by molar-refractivity contribution is 0.313. The van der Waals surface area contributed by atoms with Gasteiger partial charge in [0.1, 0.15) is 16.9 Å². The molecule has 0 unspecified atom stereocenters. The average Bonchev–Trinajstić information content (AvgIpc) is 2.95. The second kappa shape index (κ2) is 10.9. The molecule has 0 aliphatic carbocycles. The molecule has 1 N–H and O–H groups in total. The molecule has 0 spiro atoms. The number of likely N-dealkylation sites (N-methyl/N-ethyl adjacent to an activating group) is 1. The average molecular weight is 573 g/mol. The van der Waals surface area contributed by atoms with Crippen LogP contribution in [0.3, 0.4) is 0 Å². The number of nitrogens with one attached hydrogen (secondary N) is 1. The van der Waals surface area contributed by atoms with Crippen molar-refractivity contribution < 1.29 is 0 Å². The molecule has 1 saturated heterocycles. The fourth-order valence-electron chi connectivity index (χ4n) is 4.90. The summed E-state index contributed by atoms with van der Waals surface area (Å²) in [6.45, 7) is 6.09. The molecule has 5 aromatic rings. The number of anilines is 3. The predicted octanol–water partition coefficient (Wildman–Crippen LogP) is 5.95. The fraction of sp³-hybridized carbons (Fsp3) is 0.200. The highest BCUT2D eigenvalue weighted by Crippen LogP contribution is 2.31. The molecule has 6 rings (SSSR count). The summed E-state index contributed by atoms with van der Waals surface area (Å²) in [6.07, 6.45) is 1.52. The van der Waals surface area contributed by atoms with Crippen molar-refractivity contribution in [3.05, 3.63) is 98.9 Å². The van der Waals surface area contributed by atoms with Crippen LogP contribution in [-0.4, -0.2) is 57.9 Å². The van der Waals surface area contributed by atoms with E-state index in [2.05, 4.69) is 39.3 Å². The van der Waals surface area contributed by atoms with Crippen LogP contribution >= 0.6 is 23.2 Å². The van der Waals surface area contributed by atoms with Gasteiger partial charge in [0.25, 0.3) is 5.56 Å². The highest BCUT2D eigenvalue weighted by molar-refractivity contribution is 6.37. The van der Waals surface area contributed by atoms with E-state index in [0.717, 1.165) is 43.0 Å². The molecule has 0 saturated carbocycles. The van der Waals surface area contributed by atoms with Gasteiger partial charge in [0, 0.05) is 49.3 Å². The number of hydrogen-bond acceptors (Lipinski definition) is 7. The minimum absolute atomic E-state index is 0.306. The summed E-state index contributed by atoms with van der Waals surface area (Å²) in [5.74, 6) is 0.365. The lowest BCUT2D eigenvalue weighted by Crippen LogP contribution is -2.44. The van der Waals surface area contributed by atoms with E-state index < -0.39 is 5.56 Å². The second-order valence-corrected chi connectivity index (χ2v) is 10.7. The topological polar surface area (TPSA) is 79.2 Å². The molecular weight excluding hydrogens is 545 g/mol. The minimum atomic E-state index is -0.412. The Labute approximate surface area is 241 Å². The molecule has 0 bridgehead atoms. The zero-order chi connectivity index (χ0) is 27.8. The molecule has 10 heteroatoms. The molecule has 0 radical (unpaired) electrons. The fourth-order valence-corrected chi connectivity index (χ4v) is 5.46. The van der Waals surface area contributed by atoms with Gasteiger partial charge in [-0.2, -0.15) is 9.78 Å². The highest BCUT2D eigenvalue weighted by atomic mass is 35.5. The Bertz CT molecular complexity index is 1740. The Morgan fingerprint density at radius 1 is 0.875 bits per heavy atom. The van der Waals surface area contributed by atoms with E-state index in [-0.39, 0.29) is 0 Å². The Kier molecular flexibility index (Phi) is 7.14. The molecule has 202 valence electrons. The van der Waals surface area contributed by atoms with E-state index in [1.54, 1.807) is 18.2 Å². The molecule has 1 aliphatic rings. The number of piperazine rings is 1. The van der Waals surface area contributed by atoms with Gasteiger partial charge in [-0.25, -0.2) is 9.97 Å². The molecule has 40 heavy (non-hydrogen) atoms. The molecule has 3 aromatic carbocycles. The zero-order valence-corrected chi connectivity index (χ0v) is 23.6. The summed E-state index contributed by atoms with van der Waals surface area (Å²) in [6, 6.07) is 21.1. The van der Waals surface area contributed by atoms with E-state index in [1.165, 1.54) is 16.6 Å². The highest BCUT2D eigenvalue weighted by Gasteiger charge is 2.20. The first kappa shape index (κ1) is 26.3. The smallest absolute Gasteiger partial charge is 0.282 e. The number of nitrogens with zero attached hydrogens (tertiary/aromatic N) is 6. The van der Waals surface area contributed by atoms with E-state index >= 15 is 0 Å². The largest absolute Gasteiger partial charge is 0.369 e. The van der Waals surface area contributed by atoms with Crippen molar-refractivity contribution in [2.45, 2.75) is 6.92 Å². The number of hydrogen-bond donors (Lipinski definition) is 1. The van der Waals surface area contributed by atoms with Gasteiger partial charge in [-0.1, -0.05) is 53.5 Å². The zero-order valence-electron chi connectivity index (χ0n) is 22.1. The van der Waals surface area contributed by atoms with Crippen LogP contribution in [0.2, 0.25) is 10.0 Å². The Hall–Kier alpha value is -3.98. The van der Waals surface area contributed by atoms with Gasteiger partial charge in [-0.15, -0.1) is 0 Å². The standard InChI is InChI=1S/C30H27Cl2N7O/c1-19-6-3-4-7-22(19)27-26-23(29(40)39(36-27)28-24(31)8-5-9-25(28)32)18-33-30(35-26)34-20-10-12-21(13-11-20)38-16-14-37(2)15-17-38/h3-13,18H,14-17H2,1-2H3,(H,33,34,35). The Balaban J connectivity index is 1.42. The summed E-state index contributed by atoms with van der Waals surface area (Å²) in [7, 11) is 2.15. The van der Waals surface area contributed by atoms with E-state index in [1.807, 2.05) is 43.3 Å². The molecule has 1 fully saturated rings. The molecule has 8 nitrogen and oxygen atoms in total. The monoisotopic (exact) mass is 571 g/mol.